The summed E-state index contributed by atoms with van der Waals surface area (Å²) < 4.78 is 10.4. The highest BCUT2D eigenvalue weighted by molar-refractivity contribution is 5.78. The number of hydrogen-bond acceptors (Lipinski definition) is 4. The summed E-state index contributed by atoms with van der Waals surface area (Å²) in [5.74, 6) is 0.586. The molecule has 4 rings (SSSR count). The van der Waals surface area contributed by atoms with E-state index >= 15 is 0 Å². The van der Waals surface area contributed by atoms with E-state index < -0.39 is 0 Å². The zero-order valence-corrected chi connectivity index (χ0v) is 16.7. The van der Waals surface area contributed by atoms with Crippen molar-refractivity contribution in [3.05, 3.63) is 35.4 Å². The van der Waals surface area contributed by atoms with Gasteiger partial charge in [0.05, 0.1) is 13.2 Å². The number of nitrogens with zero attached hydrogens (tertiary/aromatic N) is 2. The summed E-state index contributed by atoms with van der Waals surface area (Å²) in [7, 11) is 1.56. The third-order valence-corrected chi connectivity index (χ3v) is 6.73. The van der Waals surface area contributed by atoms with Gasteiger partial charge in [0, 0.05) is 39.7 Å². The average molecular weight is 386 g/mol. The number of carbonyl (C=O) groups excluding carboxylic acids is 2. The molecule has 152 valence electrons. The summed E-state index contributed by atoms with van der Waals surface area (Å²) in [6, 6.07) is 8.63. The van der Waals surface area contributed by atoms with Gasteiger partial charge in [-0.25, -0.2) is 0 Å². The summed E-state index contributed by atoms with van der Waals surface area (Å²) in [6.07, 6.45) is 3.50. The molecule has 0 unspecified atom stereocenters. The Morgan fingerprint density at radius 3 is 2.46 bits per heavy atom. The molecule has 1 aliphatic carbocycles. The lowest BCUT2D eigenvalue weighted by molar-refractivity contribution is -0.136. The van der Waals surface area contributed by atoms with Crippen LogP contribution in [0.15, 0.2) is 24.3 Å². The van der Waals surface area contributed by atoms with Crippen molar-refractivity contribution in [1.29, 1.82) is 0 Å². The Kier molecular flexibility index (Phi) is 5.69. The van der Waals surface area contributed by atoms with Gasteiger partial charge in [-0.1, -0.05) is 24.3 Å². The third kappa shape index (κ3) is 3.67. The molecule has 2 saturated heterocycles. The fraction of sp³-hybridized carbons (Fsp3) is 0.636. The molecule has 28 heavy (non-hydrogen) atoms. The minimum Gasteiger partial charge on any atom is -0.378 e. The van der Waals surface area contributed by atoms with Gasteiger partial charge in [-0.2, -0.15) is 0 Å². The van der Waals surface area contributed by atoms with Gasteiger partial charge in [-0.15, -0.1) is 0 Å². The topological polar surface area (TPSA) is 59.1 Å². The van der Waals surface area contributed by atoms with Crippen molar-refractivity contribution in [3.63, 3.8) is 0 Å². The third-order valence-electron chi connectivity index (χ3n) is 6.73. The lowest BCUT2D eigenvalue weighted by Gasteiger charge is -2.40. The second kappa shape index (κ2) is 8.21. The van der Waals surface area contributed by atoms with Gasteiger partial charge >= 0.3 is 0 Å². The number of amides is 2. The molecule has 2 fully saturated rings. The average Bonchev–Trinajstić information content (AvgIpc) is 3.02. The molecule has 6 heteroatoms. The van der Waals surface area contributed by atoms with Crippen LogP contribution >= 0.6 is 0 Å². The molecule has 6 nitrogen and oxygen atoms in total. The molecule has 0 radical (unpaired) electrons. The number of methoxy groups -OCH3 is 1. The number of piperidine rings is 1. The molecule has 2 aliphatic heterocycles. The van der Waals surface area contributed by atoms with E-state index in [9.17, 15) is 9.59 Å². The lowest BCUT2D eigenvalue weighted by atomic mass is 9.73. The Labute approximate surface area is 166 Å². The zero-order valence-electron chi connectivity index (χ0n) is 16.7. The van der Waals surface area contributed by atoms with Gasteiger partial charge in [-0.3, -0.25) is 9.59 Å². The van der Waals surface area contributed by atoms with E-state index in [1.54, 1.807) is 7.11 Å². The Morgan fingerprint density at radius 1 is 1.07 bits per heavy atom. The minimum absolute atomic E-state index is 0.0719. The summed E-state index contributed by atoms with van der Waals surface area (Å²) >= 11 is 0. The van der Waals surface area contributed by atoms with E-state index in [1.807, 2.05) is 9.80 Å². The van der Waals surface area contributed by atoms with Gasteiger partial charge in [0.1, 0.15) is 6.61 Å². The Hall–Kier alpha value is -1.92. The first-order chi connectivity index (χ1) is 13.6. The largest absolute Gasteiger partial charge is 0.378 e. The van der Waals surface area contributed by atoms with Crippen LogP contribution in [0, 0.1) is 0 Å². The number of carbonyl (C=O) groups is 2. The van der Waals surface area contributed by atoms with E-state index in [1.165, 1.54) is 11.1 Å². The highest BCUT2D eigenvalue weighted by atomic mass is 16.5. The van der Waals surface area contributed by atoms with Crippen molar-refractivity contribution in [3.8, 4) is 0 Å². The monoisotopic (exact) mass is 386 g/mol. The van der Waals surface area contributed by atoms with Gasteiger partial charge in [-0.05, 0) is 41.7 Å². The number of ether oxygens (including phenoxy) is 2. The lowest BCUT2D eigenvalue weighted by Crippen LogP contribution is -2.45. The molecule has 0 bridgehead atoms. The van der Waals surface area contributed by atoms with Crippen LogP contribution in [0.2, 0.25) is 0 Å². The molecule has 0 N–H and O–H groups in total. The predicted molar refractivity (Wildman–Crippen MR) is 105 cm³/mol. The summed E-state index contributed by atoms with van der Waals surface area (Å²) in [5, 5.41) is 0. The fourth-order valence-corrected chi connectivity index (χ4v) is 5.23. The van der Waals surface area contributed by atoms with Crippen LogP contribution < -0.4 is 0 Å². The molecule has 1 aromatic rings. The number of rotatable bonds is 4. The number of fused-ring (bicyclic) bond motifs is 2. The van der Waals surface area contributed by atoms with Crippen molar-refractivity contribution < 1.29 is 19.1 Å². The second-order valence-corrected chi connectivity index (χ2v) is 8.28. The van der Waals surface area contributed by atoms with Crippen LogP contribution in [0.3, 0.4) is 0 Å². The van der Waals surface area contributed by atoms with E-state index in [4.69, 9.17) is 9.47 Å². The normalized spacial score (nSPS) is 23.7. The van der Waals surface area contributed by atoms with E-state index in [0.717, 1.165) is 32.4 Å². The van der Waals surface area contributed by atoms with Crippen molar-refractivity contribution in [2.75, 3.05) is 53.1 Å². The van der Waals surface area contributed by atoms with Gasteiger partial charge in [0.2, 0.25) is 11.8 Å². The Morgan fingerprint density at radius 2 is 1.75 bits per heavy atom. The first-order valence-electron chi connectivity index (χ1n) is 10.3. The molecular weight excluding hydrogens is 356 g/mol. The van der Waals surface area contributed by atoms with Gasteiger partial charge in [0.25, 0.3) is 0 Å². The van der Waals surface area contributed by atoms with Crippen LogP contribution in [0.25, 0.3) is 0 Å². The zero-order chi connectivity index (χ0) is 19.6. The maximum absolute atomic E-state index is 12.9. The van der Waals surface area contributed by atoms with Crippen molar-refractivity contribution in [2.24, 2.45) is 0 Å². The molecule has 1 aromatic carbocycles. The first kappa shape index (κ1) is 19.4. The maximum atomic E-state index is 12.9. The number of benzene rings is 1. The Balaban J connectivity index is 1.47. The SMILES string of the molecule is COCC(=O)N1CCC2(CC1)C[C@@H](CC(=O)N1CCOCC1)c1ccccc12. The second-order valence-electron chi connectivity index (χ2n) is 8.28. The maximum Gasteiger partial charge on any atom is 0.248 e. The fourth-order valence-electron chi connectivity index (χ4n) is 5.23. The molecule has 0 saturated carbocycles. The summed E-state index contributed by atoms with van der Waals surface area (Å²) in [6.45, 7) is 4.37. The van der Waals surface area contributed by atoms with Crippen LogP contribution in [0.4, 0.5) is 0 Å². The molecule has 0 aromatic heterocycles. The molecule has 3 aliphatic rings. The van der Waals surface area contributed by atoms with Crippen molar-refractivity contribution in [2.45, 2.75) is 37.0 Å². The molecular formula is C22H30N2O4. The summed E-state index contributed by atoms with van der Waals surface area (Å²) in [5.41, 5.74) is 2.82. The van der Waals surface area contributed by atoms with E-state index in [0.29, 0.717) is 32.7 Å². The number of morpholine rings is 1. The smallest absolute Gasteiger partial charge is 0.248 e. The predicted octanol–water partition coefficient (Wildman–Crippen LogP) is 1.93. The van der Waals surface area contributed by atoms with Crippen molar-refractivity contribution >= 4 is 11.8 Å². The van der Waals surface area contributed by atoms with E-state index in [-0.39, 0.29) is 29.8 Å². The van der Waals surface area contributed by atoms with E-state index in [2.05, 4.69) is 24.3 Å². The first-order valence-corrected chi connectivity index (χ1v) is 10.3. The van der Waals surface area contributed by atoms with Crippen LogP contribution in [-0.4, -0.2) is 74.7 Å². The van der Waals surface area contributed by atoms with Crippen LogP contribution in [-0.2, 0) is 24.5 Å². The molecule has 2 amide bonds. The highest BCUT2D eigenvalue weighted by Gasteiger charge is 2.46. The summed E-state index contributed by atoms with van der Waals surface area (Å²) in [4.78, 5) is 28.9. The highest BCUT2D eigenvalue weighted by Crippen LogP contribution is 2.52. The van der Waals surface area contributed by atoms with Crippen molar-refractivity contribution in [1.82, 2.24) is 9.80 Å². The van der Waals surface area contributed by atoms with Crippen LogP contribution in [0.5, 0.6) is 0 Å². The molecule has 1 spiro atoms. The molecule has 2 heterocycles. The van der Waals surface area contributed by atoms with Crippen LogP contribution in [0.1, 0.15) is 42.7 Å². The number of likely N-dealkylation sites (tertiary alicyclic amines) is 1. The minimum atomic E-state index is 0.0719. The van der Waals surface area contributed by atoms with Gasteiger partial charge in [0.15, 0.2) is 0 Å². The molecule has 1 atom stereocenters. The Bertz CT molecular complexity index is 721. The van der Waals surface area contributed by atoms with Gasteiger partial charge < -0.3 is 19.3 Å². The standard InChI is InChI=1S/C22H30N2O4/c1-27-16-21(26)23-8-6-22(7-9-23)15-17(18-4-2-3-5-19(18)22)14-20(25)24-10-12-28-13-11-24/h2-5,17H,6-16H2,1H3/t17-/m1/s1. The quantitative estimate of drug-likeness (QED) is 0.793. The number of hydrogen-bond donors (Lipinski definition) is 0.